The van der Waals surface area contributed by atoms with Crippen LogP contribution in [0.1, 0.15) is 48.0 Å². The Hall–Kier alpha value is -1.40. The van der Waals surface area contributed by atoms with Gasteiger partial charge in [0.15, 0.2) is 11.6 Å². The summed E-state index contributed by atoms with van der Waals surface area (Å²) >= 11 is 1.23. The third kappa shape index (κ3) is 3.27. The number of aromatic nitrogens is 2. The summed E-state index contributed by atoms with van der Waals surface area (Å²) in [6, 6.07) is 2.84. The molecule has 2 aromatic rings. The highest BCUT2D eigenvalue weighted by molar-refractivity contribution is 7.05. The molecule has 0 bridgehead atoms. The van der Waals surface area contributed by atoms with E-state index in [9.17, 15) is 8.78 Å². The lowest BCUT2D eigenvalue weighted by molar-refractivity contribution is 0.476. The van der Waals surface area contributed by atoms with E-state index in [0.29, 0.717) is 24.1 Å². The molecule has 114 valence electrons. The van der Waals surface area contributed by atoms with Gasteiger partial charge in [0, 0.05) is 5.56 Å². The first-order valence-electron chi connectivity index (χ1n) is 7.09. The van der Waals surface area contributed by atoms with Gasteiger partial charge in [0.2, 0.25) is 0 Å². The molecule has 2 rings (SSSR count). The molecule has 0 aliphatic carbocycles. The van der Waals surface area contributed by atoms with Crippen LogP contribution in [0.25, 0.3) is 0 Å². The monoisotopic (exact) mass is 311 g/mol. The van der Waals surface area contributed by atoms with Gasteiger partial charge in [0.1, 0.15) is 0 Å². The fourth-order valence-corrected chi connectivity index (χ4v) is 3.03. The average Bonchev–Trinajstić information content (AvgIpc) is 2.95. The molecular formula is C15H19F2N3S. The molecule has 1 atom stereocenters. The van der Waals surface area contributed by atoms with E-state index >= 15 is 0 Å². The summed E-state index contributed by atoms with van der Waals surface area (Å²) in [6.07, 6.45) is 1.62. The molecule has 0 amide bonds. The van der Waals surface area contributed by atoms with E-state index in [-0.39, 0.29) is 0 Å². The van der Waals surface area contributed by atoms with Crippen molar-refractivity contribution in [2.75, 3.05) is 6.54 Å². The number of aryl methyl sites for hydroxylation is 2. The number of nitrogens with zero attached hydrogens (tertiary/aromatic N) is 2. The van der Waals surface area contributed by atoms with Crippen LogP contribution in [0.4, 0.5) is 8.78 Å². The second-order valence-electron chi connectivity index (χ2n) is 4.92. The lowest BCUT2D eigenvalue weighted by Gasteiger charge is -2.19. The Bertz CT molecular complexity index is 613. The summed E-state index contributed by atoms with van der Waals surface area (Å²) < 4.78 is 32.1. The van der Waals surface area contributed by atoms with E-state index in [1.807, 2.05) is 13.8 Å². The van der Waals surface area contributed by atoms with Crippen LogP contribution in [0, 0.1) is 18.6 Å². The van der Waals surface area contributed by atoms with Crippen LogP contribution in [-0.4, -0.2) is 16.1 Å². The molecular weight excluding hydrogens is 292 g/mol. The van der Waals surface area contributed by atoms with Gasteiger partial charge in [-0.1, -0.05) is 30.5 Å². The fourth-order valence-electron chi connectivity index (χ4n) is 2.20. The minimum Gasteiger partial charge on any atom is -0.305 e. The summed E-state index contributed by atoms with van der Waals surface area (Å²) in [5.41, 5.74) is 1.45. The zero-order chi connectivity index (χ0) is 15.4. The highest BCUT2D eigenvalue weighted by Gasteiger charge is 2.24. The molecule has 21 heavy (non-hydrogen) atoms. The smallest absolute Gasteiger partial charge is 0.164 e. The van der Waals surface area contributed by atoms with Crippen LogP contribution >= 0.6 is 11.5 Å². The van der Waals surface area contributed by atoms with Gasteiger partial charge in [-0.05, 0) is 43.4 Å². The van der Waals surface area contributed by atoms with Crippen LogP contribution < -0.4 is 5.32 Å². The molecule has 0 saturated heterocycles. The normalized spacial score (nSPS) is 12.6. The topological polar surface area (TPSA) is 37.8 Å². The van der Waals surface area contributed by atoms with E-state index in [4.69, 9.17) is 0 Å². The van der Waals surface area contributed by atoms with Crippen molar-refractivity contribution in [1.82, 2.24) is 14.9 Å². The molecule has 6 heteroatoms. The number of halogens is 2. The quantitative estimate of drug-likeness (QED) is 0.882. The second-order valence-corrected chi connectivity index (χ2v) is 5.71. The molecule has 0 spiro atoms. The molecule has 0 fully saturated rings. The lowest BCUT2D eigenvalue weighted by Crippen LogP contribution is -2.24. The number of rotatable bonds is 6. The SMILES string of the molecule is CCCNC(c1ccc(C)c(F)c1F)c1snnc1CC. The summed E-state index contributed by atoms with van der Waals surface area (Å²) in [4.78, 5) is 0.855. The van der Waals surface area contributed by atoms with Crippen molar-refractivity contribution in [1.29, 1.82) is 0 Å². The number of benzene rings is 1. The molecule has 3 nitrogen and oxygen atoms in total. The van der Waals surface area contributed by atoms with Crippen molar-refractivity contribution in [3.8, 4) is 0 Å². The number of hydrogen-bond acceptors (Lipinski definition) is 4. The minimum atomic E-state index is -0.793. The van der Waals surface area contributed by atoms with E-state index in [2.05, 4.69) is 14.9 Å². The standard InChI is InChI=1S/C15H19F2N3S/c1-4-8-18-14(15-11(5-2)19-20-21-15)10-7-6-9(3)12(16)13(10)17/h6-7,14,18H,4-5,8H2,1-3H3. The maximum Gasteiger partial charge on any atom is 0.164 e. The van der Waals surface area contributed by atoms with Crippen molar-refractivity contribution in [3.63, 3.8) is 0 Å². The van der Waals surface area contributed by atoms with Crippen LogP contribution in [0.2, 0.25) is 0 Å². The molecule has 0 aliphatic heterocycles. The van der Waals surface area contributed by atoms with Gasteiger partial charge in [-0.3, -0.25) is 0 Å². The Morgan fingerprint density at radius 3 is 2.67 bits per heavy atom. The zero-order valence-corrected chi connectivity index (χ0v) is 13.2. The van der Waals surface area contributed by atoms with E-state index in [0.717, 1.165) is 17.0 Å². The maximum absolute atomic E-state index is 14.3. The molecule has 1 heterocycles. The highest BCUT2D eigenvalue weighted by Crippen LogP contribution is 2.30. The van der Waals surface area contributed by atoms with Crippen molar-refractivity contribution in [2.45, 2.75) is 39.7 Å². The Morgan fingerprint density at radius 2 is 2.00 bits per heavy atom. The average molecular weight is 311 g/mol. The summed E-state index contributed by atoms with van der Waals surface area (Å²) in [5.74, 6) is -1.58. The van der Waals surface area contributed by atoms with Gasteiger partial charge >= 0.3 is 0 Å². The van der Waals surface area contributed by atoms with E-state index in [1.165, 1.54) is 11.5 Å². The predicted molar refractivity (Wildman–Crippen MR) is 80.5 cm³/mol. The van der Waals surface area contributed by atoms with Gasteiger partial charge in [-0.25, -0.2) is 8.78 Å². The highest BCUT2D eigenvalue weighted by atomic mass is 32.1. The Morgan fingerprint density at radius 1 is 1.24 bits per heavy atom. The van der Waals surface area contributed by atoms with Crippen molar-refractivity contribution < 1.29 is 8.78 Å². The zero-order valence-electron chi connectivity index (χ0n) is 12.4. The van der Waals surface area contributed by atoms with E-state index < -0.39 is 17.7 Å². The summed E-state index contributed by atoms with van der Waals surface area (Å²) in [5, 5.41) is 7.35. The second kappa shape index (κ2) is 7.04. The van der Waals surface area contributed by atoms with Crippen LogP contribution in [0.5, 0.6) is 0 Å². The van der Waals surface area contributed by atoms with Crippen molar-refractivity contribution >= 4 is 11.5 Å². The molecule has 0 radical (unpaired) electrons. The molecule has 0 aliphatic rings. The molecule has 1 aromatic heterocycles. The van der Waals surface area contributed by atoms with Crippen LogP contribution in [0.3, 0.4) is 0 Å². The Labute approximate surface area is 127 Å². The first kappa shape index (κ1) is 16.0. The van der Waals surface area contributed by atoms with Crippen LogP contribution in [0.15, 0.2) is 12.1 Å². The maximum atomic E-state index is 14.3. The van der Waals surface area contributed by atoms with Gasteiger partial charge in [-0.2, -0.15) is 0 Å². The Balaban J connectivity index is 2.48. The lowest BCUT2D eigenvalue weighted by atomic mass is 10.0. The van der Waals surface area contributed by atoms with Crippen molar-refractivity contribution in [3.05, 3.63) is 45.5 Å². The minimum absolute atomic E-state index is 0.309. The molecule has 0 saturated carbocycles. The fraction of sp³-hybridized carbons (Fsp3) is 0.467. The van der Waals surface area contributed by atoms with Crippen LogP contribution in [-0.2, 0) is 6.42 Å². The third-order valence-corrected chi connectivity index (χ3v) is 4.23. The van der Waals surface area contributed by atoms with Gasteiger partial charge < -0.3 is 5.32 Å². The molecule has 1 unspecified atom stereocenters. The Kier molecular flexibility index (Phi) is 5.36. The molecule has 1 aromatic carbocycles. The number of hydrogen-bond donors (Lipinski definition) is 1. The van der Waals surface area contributed by atoms with Gasteiger partial charge in [0.05, 0.1) is 16.6 Å². The predicted octanol–water partition coefficient (Wildman–Crippen LogP) is 3.78. The van der Waals surface area contributed by atoms with E-state index in [1.54, 1.807) is 19.1 Å². The third-order valence-electron chi connectivity index (χ3n) is 3.40. The first-order chi connectivity index (χ1) is 10.1. The van der Waals surface area contributed by atoms with Gasteiger partial charge in [-0.15, -0.1) is 5.10 Å². The molecule has 1 N–H and O–H groups in total. The summed E-state index contributed by atoms with van der Waals surface area (Å²) in [7, 11) is 0. The van der Waals surface area contributed by atoms with Gasteiger partial charge in [0.25, 0.3) is 0 Å². The number of nitrogens with one attached hydrogen (secondary N) is 1. The first-order valence-corrected chi connectivity index (χ1v) is 7.86. The van der Waals surface area contributed by atoms with Crippen molar-refractivity contribution in [2.24, 2.45) is 0 Å². The largest absolute Gasteiger partial charge is 0.305 e. The summed E-state index contributed by atoms with van der Waals surface area (Å²) in [6.45, 7) is 6.27.